The maximum atomic E-state index is 13.0. The van der Waals surface area contributed by atoms with E-state index in [1.807, 2.05) is 4.90 Å². The Hall–Kier alpha value is -1.46. The quantitative estimate of drug-likeness (QED) is 0.837. The van der Waals surface area contributed by atoms with Crippen molar-refractivity contribution in [2.24, 2.45) is 0 Å². The fourth-order valence-electron chi connectivity index (χ4n) is 3.06. The maximum absolute atomic E-state index is 13.0. The Morgan fingerprint density at radius 2 is 2.05 bits per heavy atom. The van der Waals surface area contributed by atoms with Gasteiger partial charge in [0.25, 0.3) is 0 Å². The van der Waals surface area contributed by atoms with E-state index in [1.165, 1.54) is 12.1 Å². The van der Waals surface area contributed by atoms with Crippen LogP contribution in [0.4, 0.5) is 4.39 Å². The number of halogens is 1. The molecular weight excluding hydrogens is 283 g/mol. The molecule has 0 aromatic heterocycles. The van der Waals surface area contributed by atoms with Crippen molar-refractivity contribution in [3.05, 3.63) is 35.6 Å². The molecule has 22 heavy (non-hydrogen) atoms. The van der Waals surface area contributed by atoms with Crippen LogP contribution >= 0.6 is 0 Å². The van der Waals surface area contributed by atoms with Crippen molar-refractivity contribution in [2.75, 3.05) is 26.2 Å². The number of amides is 1. The Labute approximate surface area is 130 Å². The van der Waals surface area contributed by atoms with Crippen LogP contribution in [0.1, 0.15) is 37.4 Å². The Balaban J connectivity index is 1.54. The van der Waals surface area contributed by atoms with Gasteiger partial charge in [0.15, 0.2) is 0 Å². The molecule has 0 bridgehead atoms. The summed E-state index contributed by atoms with van der Waals surface area (Å²) in [5.74, 6) is -0.0441. The summed E-state index contributed by atoms with van der Waals surface area (Å²) in [6.45, 7) is 2.94. The molecule has 2 fully saturated rings. The van der Waals surface area contributed by atoms with Gasteiger partial charge in [0.1, 0.15) is 5.82 Å². The van der Waals surface area contributed by atoms with Crippen LogP contribution < -0.4 is 0 Å². The van der Waals surface area contributed by atoms with Crippen LogP contribution in [0, 0.1) is 5.82 Å². The van der Waals surface area contributed by atoms with E-state index in [0.29, 0.717) is 19.0 Å². The summed E-state index contributed by atoms with van der Waals surface area (Å²) in [6, 6.07) is 6.54. The van der Waals surface area contributed by atoms with Gasteiger partial charge in [0.05, 0.1) is 6.10 Å². The first kappa shape index (κ1) is 15.4. The zero-order valence-electron chi connectivity index (χ0n) is 12.7. The first-order chi connectivity index (χ1) is 10.6. The number of aliphatic hydroxyl groups is 1. The molecule has 4 nitrogen and oxygen atoms in total. The van der Waals surface area contributed by atoms with Gasteiger partial charge in [-0.1, -0.05) is 12.1 Å². The zero-order chi connectivity index (χ0) is 15.5. The number of carbonyl (C=O) groups excluding carboxylic acids is 1. The molecule has 1 heterocycles. The third kappa shape index (κ3) is 3.84. The van der Waals surface area contributed by atoms with E-state index < -0.39 is 6.10 Å². The molecule has 1 saturated carbocycles. The van der Waals surface area contributed by atoms with E-state index in [0.717, 1.165) is 44.5 Å². The summed E-state index contributed by atoms with van der Waals surface area (Å²) >= 11 is 0. The molecule has 1 aromatic rings. The molecule has 120 valence electrons. The van der Waals surface area contributed by atoms with E-state index in [-0.39, 0.29) is 11.7 Å². The van der Waals surface area contributed by atoms with Crippen LogP contribution in [0.25, 0.3) is 0 Å². The van der Waals surface area contributed by atoms with Crippen molar-refractivity contribution >= 4 is 5.91 Å². The SMILES string of the molecule is O=C1CCCN1CCN(C[C@@H](O)c1ccc(F)cc1)C1CC1. The summed E-state index contributed by atoms with van der Waals surface area (Å²) in [7, 11) is 0. The minimum Gasteiger partial charge on any atom is -0.387 e. The number of benzene rings is 1. The van der Waals surface area contributed by atoms with E-state index >= 15 is 0 Å². The van der Waals surface area contributed by atoms with Crippen molar-refractivity contribution in [3.8, 4) is 0 Å². The zero-order valence-corrected chi connectivity index (χ0v) is 12.7. The van der Waals surface area contributed by atoms with Crippen LogP contribution in [0.15, 0.2) is 24.3 Å². The Bertz CT molecular complexity index is 516. The molecule has 3 rings (SSSR count). The highest BCUT2D eigenvalue weighted by molar-refractivity contribution is 5.78. The van der Waals surface area contributed by atoms with Gasteiger partial charge in [0.2, 0.25) is 5.91 Å². The summed E-state index contributed by atoms with van der Waals surface area (Å²) in [6.07, 6.45) is 3.33. The standard InChI is InChI=1S/C17H23FN2O2/c18-14-5-3-13(4-6-14)16(21)12-20(15-7-8-15)11-10-19-9-1-2-17(19)22/h3-6,15-16,21H,1-2,7-12H2/t16-/m1/s1. The van der Waals surface area contributed by atoms with E-state index in [4.69, 9.17) is 0 Å². The predicted molar refractivity (Wildman–Crippen MR) is 81.8 cm³/mol. The minimum atomic E-state index is -0.615. The maximum Gasteiger partial charge on any atom is 0.222 e. The van der Waals surface area contributed by atoms with Crippen molar-refractivity contribution in [1.82, 2.24) is 9.80 Å². The smallest absolute Gasteiger partial charge is 0.222 e. The third-order valence-corrected chi connectivity index (χ3v) is 4.55. The van der Waals surface area contributed by atoms with Crippen molar-refractivity contribution in [2.45, 2.75) is 37.8 Å². The lowest BCUT2D eigenvalue weighted by Gasteiger charge is -2.27. The molecule has 1 aliphatic carbocycles. The lowest BCUT2D eigenvalue weighted by Crippen LogP contribution is -2.39. The molecule has 1 aliphatic heterocycles. The molecule has 1 saturated heterocycles. The van der Waals surface area contributed by atoms with Crippen LogP contribution in [0.2, 0.25) is 0 Å². The highest BCUT2D eigenvalue weighted by Gasteiger charge is 2.31. The van der Waals surface area contributed by atoms with Gasteiger partial charge < -0.3 is 10.0 Å². The van der Waals surface area contributed by atoms with Gasteiger partial charge in [-0.05, 0) is 37.0 Å². The fourth-order valence-corrected chi connectivity index (χ4v) is 3.06. The summed E-state index contributed by atoms with van der Waals surface area (Å²) in [4.78, 5) is 15.9. The molecule has 2 aliphatic rings. The number of hydrogen-bond donors (Lipinski definition) is 1. The summed E-state index contributed by atoms with van der Waals surface area (Å²) in [5.41, 5.74) is 0.740. The number of rotatable bonds is 7. The predicted octanol–water partition coefficient (Wildman–Crippen LogP) is 1.95. The molecule has 1 atom stereocenters. The Morgan fingerprint density at radius 3 is 2.64 bits per heavy atom. The van der Waals surface area contributed by atoms with Gasteiger partial charge in [-0.3, -0.25) is 9.69 Å². The molecule has 0 unspecified atom stereocenters. The average Bonchev–Trinajstić information content (AvgIpc) is 3.27. The average molecular weight is 306 g/mol. The van der Waals surface area contributed by atoms with Gasteiger partial charge in [0, 0.05) is 38.6 Å². The van der Waals surface area contributed by atoms with E-state index in [1.54, 1.807) is 12.1 Å². The number of hydrogen-bond acceptors (Lipinski definition) is 3. The number of aliphatic hydroxyl groups excluding tert-OH is 1. The molecule has 0 spiro atoms. The van der Waals surface area contributed by atoms with Crippen molar-refractivity contribution in [3.63, 3.8) is 0 Å². The first-order valence-electron chi connectivity index (χ1n) is 8.09. The molecule has 5 heteroatoms. The Morgan fingerprint density at radius 1 is 1.32 bits per heavy atom. The monoisotopic (exact) mass is 306 g/mol. The van der Waals surface area contributed by atoms with Gasteiger partial charge in [-0.15, -0.1) is 0 Å². The van der Waals surface area contributed by atoms with Gasteiger partial charge in [-0.2, -0.15) is 0 Å². The Kier molecular flexibility index (Phi) is 4.74. The highest BCUT2D eigenvalue weighted by Crippen LogP contribution is 2.29. The lowest BCUT2D eigenvalue weighted by molar-refractivity contribution is -0.127. The molecular formula is C17H23FN2O2. The van der Waals surface area contributed by atoms with Crippen LogP contribution in [-0.4, -0.2) is 53.0 Å². The van der Waals surface area contributed by atoms with Crippen molar-refractivity contribution in [1.29, 1.82) is 0 Å². The van der Waals surface area contributed by atoms with Crippen LogP contribution in [0.5, 0.6) is 0 Å². The van der Waals surface area contributed by atoms with E-state index in [2.05, 4.69) is 4.90 Å². The van der Waals surface area contributed by atoms with Crippen molar-refractivity contribution < 1.29 is 14.3 Å². The largest absolute Gasteiger partial charge is 0.387 e. The van der Waals surface area contributed by atoms with E-state index in [9.17, 15) is 14.3 Å². The third-order valence-electron chi connectivity index (χ3n) is 4.55. The van der Waals surface area contributed by atoms with Gasteiger partial charge >= 0.3 is 0 Å². The molecule has 1 aromatic carbocycles. The van der Waals surface area contributed by atoms with Gasteiger partial charge in [-0.25, -0.2) is 4.39 Å². The van der Waals surface area contributed by atoms with Crippen LogP contribution in [-0.2, 0) is 4.79 Å². The number of carbonyl (C=O) groups is 1. The first-order valence-corrected chi connectivity index (χ1v) is 8.09. The topological polar surface area (TPSA) is 43.8 Å². The lowest BCUT2D eigenvalue weighted by atomic mass is 10.1. The van der Waals surface area contributed by atoms with Crippen LogP contribution in [0.3, 0.4) is 0 Å². The normalized spacial score (nSPS) is 20.0. The second-order valence-electron chi connectivity index (χ2n) is 6.28. The molecule has 1 amide bonds. The fraction of sp³-hybridized carbons (Fsp3) is 0.588. The summed E-state index contributed by atoms with van der Waals surface area (Å²) in [5, 5.41) is 10.4. The number of likely N-dealkylation sites (tertiary alicyclic amines) is 1. The highest BCUT2D eigenvalue weighted by atomic mass is 19.1. The molecule has 0 radical (unpaired) electrons. The number of nitrogens with zero attached hydrogens (tertiary/aromatic N) is 2. The summed E-state index contributed by atoms with van der Waals surface area (Å²) < 4.78 is 13.0. The molecule has 1 N–H and O–H groups in total. The minimum absolute atomic E-state index is 0.245. The second-order valence-corrected chi connectivity index (χ2v) is 6.28. The second kappa shape index (κ2) is 6.75.